The third-order valence-corrected chi connectivity index (χ3v) is 6.76. The van der Waals surface area contributed by atoms with Crippen molar-refractivity contribution >= 4 is 5.91 Å². The molecule has 1 heterocycles. The predicted octanol–water partition coefficient (Wildman–Crippen LogP) is 2.65. The average molecular weight is 452 g/mol. The van der Waals surface area contributed by atoms with Gasteiger partial charge >= 0.3 is 0 Å². The number of carbonyl (C=O) groups is 1. The number of aliphatic hydroxyl groups is 1. The number of hydrogen-bond acceptors (Lipinski definition) is 5. The fraction of sp³-hybridized carbons (Fsp3) is 0.519. The van der Waals surface area contributed by atoms with E-state index in [1.807, 2.05) is 18.2 Å². The summed E-state index contributed by atoms with van der Waals surface area (Å²) in [4.78, 5) is 16.4. The normalized spacial score (nSPS) is 18.6. The molecule has 33 heavy (non-hydrogen) atoms. The van der Waals surface area contributed by atoms with Crippen LogP contribution >= 0.6 is 0 Å². The minimum atomic E-state index is -0.546. The van der Waals surface area contributed by atoms with E-state index in [0.717, 1.165) is 44.8 Å². The molecule has 6 nitrogen and oxygen atoms in total. The second-order valence-electron chi connectivity index (χ2n) is 9.90. The van der Waals surface area contributed by atoms with Gasteiger partial charge in [0.15, 0.2) is 0 Å². The second-order valence-corrected chi connectivity index (χ2v) is 9.90. The van der Waals surface area contributed by atoms with Crippen molar-refractivity contribution in [2.24, 2.45) is 0 Å². The van der Waals surface area contributed by atoms with E-state index in [1.165, 1.54) is 11.1 Å². The standard InChI is InChI=1S/C27H37N3O3/c1-27(2,21-6-4-3-5-7-21)22-8-12-25(13-9-22)33-20-24(31)18-29-14-16-30(17-15-29)19-26(32)28-23-10-11-23/h3-9,12-13,23-24,31H,10-11,14-20H2,1-2H3,(H,28,32). The van der Waals surface area contributed by atoms with Gasteiger partial charge in [0.05, 0.1) is 6.54 Å². The Balaban J connectivity index is 1.18. The lowest BCUT2D eigenvalue weighted by Gasteiger charge is -2.35. The van der Waals surface area contributed by atoms with E-state index in [2.05, 4.69) is 65.4 Å². The number of aliphatic hydroxyl groups excluding tert-OH is 1. The molecular formula is C27H37N3O3. The van der Waals surface area contributed by atoms with Crippen LogP contribution in [0.3, 0.4) is 0 Å². The topological polar surface area (TPSA) is 65.0 Å². The summed E-state index contributed by atoms with van der Waals surface area (Å²) in [6.45, 7) is 9.20. The molecule has 0 radical (unpaired) electrons. The fourth-order valence-electron chi connectivity index (χ4n) is 4.37. The largest absolute Gasteiger partial charge is 0.491 e. The monoisotopic (exact) mass is 451 g/mol. The SMILES string of the molecule is CC(C)(c1ccccc1)c1ccc(OCC(O)CN2CCN(CC(=O)NC3CC3)CC2)cc1. The molecule has 4 rings (SSSR count). The van der Waals surface area contributed by atoms with Crippen LogP contribution in [0.1, 0.15) is 37.8 Å². The molecule has 2 aliphatic rings. The maximum absolute atomic E-state index is 12.0. The van der Waals surface area contributed by atoms with Crippen LogP contribution in [0.15, 0.2) is 54.6 Å². The number of ether oxygens (including phenoxy) is 1. The van der Waals surface area contributed by atoms with Gasteiger partial charge in [0.2, 0.25) is 5.91 Å². The molecule has 1 saturated heterocycles. The van der Waals surface area contributed by atoms with Crippen molar-refractivity contribution in [3.8, 4) is 5.75 Å². The first-order valence-corrected chi connectivity index (χ1v) is 12.1. The van der Waals surface area contributed by atoms with E-state index in [9.17, 15) is 9.90 Å². The lowest BCUT2D eigenvalue weighted by molar-refractivity contribution is -0.122. The maximum Gasteiger partial charge on any atom is 0.234 e. The fourth-order valence-corrected chi connectivity index (χ4v) is 4.37. The number of carbonyl (C=O) groups excluding carboxylic acids is 1. The van der Waals surface area contributed by atoms with Crippen LogP contribution in [-0.4, -0.2) is 78.8 Å². The van der Waals surface area contributed by atoms with Crippen LogP contribution in [0.5, 0.6) is 5.75 Å². The third kappa shape index (κ3) is 6.79. The van der Waals surface area contributed by atoms with Crippen LogP contribution in [0.2, 0.25) is 0 Å². The Morgan fingerprint density at radius 3 is 2.24 bits per heavy atom. The van der Waals surface area contributed by atoms with Gasteiger partial charge in [-0.1, -0.05) is 56.3 Å². The van der Waals surface area contributed by atoms with E-state index in [-0.39, 0.29) is 17.9 Å². The number of benzene rings is 2. The summed E-state index contributed by atoms with van der Waals surface area (Å²) in [6.07, 6.45) is 1.69. The lowest BCUT2D eigenvalue weighted by Crippen LogP contribution is -2.51. The molecule has 0 bridgehead atoms. The highest BCUT2D eigenvalue weighted by Gasteiger charge is 2.26. The molecule has 178 valence electrons. The van der Waals surface area contributed by atoms with Gasteiger partial charge in [-0.05, 0) is 36.1 Å². The Morgan fingerprint density at radius 1 is 1.00 bits per heavy atom. The van der Waals surface area contributed by atoms with Gasteiger partial charge in [-0.2, -0.15) is 0 Å². The second kappa shape index (κ2) is 10.7. The molecule has 6 heteroatoms. The van der Waals surface area contributed by atoms with Crippen LogP contribution in [-0.2, 0) is 10.2 Å². The zero-order valence-electron chi connectivity index (χ0n) is 19.9. The van der Waals surface area contributed by atoms with Crippen molar-refractivity contribution in [2.45, 2.75) is 44.2 Å². The number of hydrogen-bond donors (Lipinski definition) is 2. The highest BCUT2D eigenvalue weighted by atomic mass is 16.5. The van der Waals surface area contributed by atoms with Gasteiger partial charge < -0.3 is 15.2 Å². The van der Waals surface area contributed by atoms with Crippen LogP contribution in [0.25, 0.3) is 0 Å². The maximum atomic E-state index is 12.0. The highest BCUT2D eigenvalue weighted by Crippen LogP contribution is 2.32. The Kier molecular flexibility index (Phi) is 7.68. The molecule has 1 aliphatic carbocycles. The first kappa shape index (κ1) is 23.7. The van der Waals surface area contributed by atoms with E-state index < -0.39 is 6.10 Å². The van der Waals surface area contributed by atoms with Crippen molar-refractivity contribution in [3.63, 3.8) is 0 Å². The van der Waals surface area contributed by atoms with Crippen molar-refractivity contribution < 1.29 is 14.6 Å². The number of β-amino-alcohol motifs (C(OH)–C–C–N with tert-alkyl or cyclic N) is 1. The lowest BCUT2D eigenvalue weighted by atomic mass is 9.78. The van der Waals surface area contributed by atoms with Crippen LogP contribution in [0, 0.1) is 0 Å². The molecule has 0 spiro atoms. The molecule has 2 aromatic rings. The van der Waals surface area contributed by atoms with E-state index in [4.69, 9.17) is 4.74 Å². The number of rotatable bonds is 10. The zero-order valence-corrected chi connectivity index (χ0v) is 19.9. The number of piperazine rings is 1. The van der Waals surface area contributed by atoms with E-state index >= 15 is 0 Å². The molecular weight excluding hydrogens is 414 g/mol. The van der Waals surface area contributed by atoms with Gasteiger partial charge in [-0.15, -0.1) is 0 Å². The predicted molar refractivity (Wildman–Crippen MR) is 131 cm³/mol. The summed E-state index contributed by atoms with van der Waals surface area (Å²) in [5.74, 6) is 0.908. The van der Waals surface area contributed by atoms with Gasteiger partial charge in [0.1, 0.15) is 18.5 Å². The van der Waals surface area contributed by atoms with Crippen LogP contribution < -0.4 is 10.1 Å². The summed E-state index contributed by atoms with van der Waals surface area (Å²) in [5, 5.41) is 13.5. The molecule has 1 atom stereocenters. The summed E-state index contributed by atoms with van der Waals surface area (Å²) < 4.78 is 5.86. The van der Waals surface area contributed by atoms with E-state index in [0.29, 0.717) is 19.1 Å². The van der Waals surface area contributed by atoms with Gasteiger partial charge in [0, 0.05) is 44.2 Å². The van der Waals surface area contributed by atoms with Gasteiger partial charge in [-0.3, -0.25) is 14.6 Å². The van der Waals surface area contributed by atoms with Crippen molar-refractivity contribution in [1.82, 2.24) is 15.1 Å². The third-order valence-electron chi connectivity index (χ3n) is 6.76. The molecule has 1 aliphatic heterocycles. The van der Waals surface area contributed by atoms with Crippen molar-refractivity contribution in [1.29, 1.82) is 0 Å². The van der Waals surface area contributed by atoms with Crippen molar-refractivity contribution in [2.75, 3.05) is 45.9 Å². The first-order chi connectivity index (χ1) is 15.9. The summed E-state index contributed by atoms with van der Waals surface area (Å²) >= 11 is 0. The average Bonchev–Trinajstić information content (AvgIpc) is 3.64. The Labute approximate surface area is 197 Å². The molecule has 2 N–H and O–H groups in total. The molecule has 2 aromatic carbocycles. The molecule has 1 saturated carbocycles. The highest BCUT2D eigenvalue weighted by molar-refractivity contribution is 5.78. The Bertz CT molecular complexity index is 889. The molecule has 1 amide bonds. The Morgan fingerprint density at radius 2 is 1.61 bits per heavy atom. The first-order valence-electron chi connectivity index (χ1n) is 12.1. The molecule has 1 unspecified atom stereocenters. The minimum absolute atomic E-state index is 0.0833. The summed E-state index contributed by atoms with van der Waals surface area (Å²) in [7, 11) is 0. The summed E-state index contributed by atoms with van der Waals surface area (Å²) in [6, 6.07) is 19.1. The van der Waals surface area contributed by atoms with E-state index in [1.54, 1.807) is 0 Å². The number of amides is 1. The number of nitrogens with zero attached hydrogens (tertiary/aromatic N) is 2. The van der Waals surface area contributed by atoms with Gasteiger partial charge in [0.25, 0.3) is 0 Å². The van der Waals surface area contributed by atoms with Crippen LogP contribution in [0.4, 0.5) is 0 Å². The van der Waals surface area contributed by atoms with Gasteiger partial charge in [-0.25, -0.2) is 0 Å². The minimum Gasteiger partial charge on any atom is -0.491 e. The van der Waals surface area contributed by atoms with Crippen molar-refractivity contribution in [3.05, 3.63) is 65.7 Å². The molecule has 2 fully saturated rings. The summed E-state index contributed by atoms with van der Waals surface area (Å²) in [5.41, 5.74) is 2.42. The molecule has 0 aromatic heterocycles. The quantitative estimate of drug-likeness (QED) is 0.582. The number of nitrogens with one attached hydrogen (secondary N) is 1. The smallest absolute Gasteiger partial charge is 0.234 e. The zero-order chi connectivity index (χ0) is 23.3. The Hall–Kier alpha value is -2.41.